The summed E-state index contributed by atoms with van der Waals surface area (Å²) < 4.78 is 0. The number of rotatable bonds is 0. The van der Waals surface area contributed by atoms with Gasteiger partial charge in [-0.15, -0.1) is 0 Å². The van der Waals surface area contributed by atoms with E-state index < -0.39 is 0 Å². The molecule has 0 radical (unpaired) electrons. The van der Waals surface area contributed by atoms with Gasteiger partial charge in [0.1, 0.15) is 0 Å². The largest absolute Gasteiger partial charge is 0.256 e. The Morgan fingerprint density at radius 1 is 1.13 bits per heavy atom. The molecule has 2 aromatic rings. The van der Waals surface area contributed by atoms with E-state index in [-0.39, 0.29) is 0 Å². The van der Waals surface area contributed by atoms with Crippen LogP contribution < -0.4 is 0 Å². The lowest BCUT2D eigenvalue weighted by Crippen LogP contribution is -2.04. The van der Waals surface area contributed by atoms with E-state index in [1.807, 2.05) is 0 Å². The van der Waals surface area contributed by atoms with Crippen LogP contribution in [-0.4, -0.2) is 4.98 Å². The molecular weight excluding hydrogens is 182 g/mol. The zero-order valence-corrected chi connectivity index (χ0v) is 9.09. The Labute approximate surface area is 90.2 Å². The molecule has 15 heavy (non-hydrogen) atoms. The second-order valence-electron chi connectivity index (χ2n) is 4.49. The minimum Gasteiger partial charge on any atom is -0.256 e. The molecule has 1 aromatic heterocycles. The summed E-state index contributed by atoms with van der Waals surface area (Å²) in [5.41, 5.74) is 5.51. The van der Waals surface area contributed by atoms with Crippen LogP contribution >= 0.6 is 0 Å². The molecule has 1 aromatic carbocycles. The van der Waals surface area contributed by atoms with Gasteiger partial charge in [0, 0.05) is 11.6 Å². The number of aromatic nitrogens is 1. The zero-order chi connectivity index (χ0) is 10.3. The lowest BCUT2D eigenvalue weighted by molar-refractivity contribution is 0.687. The molecule has 1 heteroatoms. The van der Waals surface area contributed by atoms with E-state index >= 15 is 0 Å². The summed E-state index contributed by atoms with van der Waals surface area (Å²) in [7, 11) is 0. The van der Waals surface area contributed by atoms with E-state index in [0.29, 0.717) is 0 Å². The molecule has 76 valence electrons. The molecule has 3 rings (SSSR count). The minimum absolute atomic E-state index is 1.15. The molecule has 0 aliphatic heterocycles. The lowest BCUT2D eigenvalue weighted by atomic mass is 9.90. The molecule has 1 nitrogen and oxygen atoms in total. The molecular formula is C14H15N. The SMILES string of the molecule is Cc1ccc2ncc3c(c2c1)CCCC3. The van der Waals surface area contributed by atoms with Gasteiger partial charge in [-0.3, -0.25) is 4.98 Å². The number of benzene rings is 1. The Balaban J connectivity index is 2.34. The molecule has 0 saturated carbocycles. The van der Waals surface area contributed by atoms with Gasteiger partial charge in [-0.25, -0.2) is 0 Å². The van der Waals surface area contributed by atoms with Gasteiger partial charge in [0.15, 0.2) is 0 Å². The highest BCUT2D eigenvalue weighted by Crippen LogP contribution is 2.27. The van der Waals surface area contributed by atoms with Crippen molar-refractivity contribution in [2.75, 3.05) is 0 Å². The summed E-state index contributed by atoms with van der Waals surface area (Å²) in [6.45, 7) is 2.15. The molecule has 0 atom stereocenters. The Kier molecular flexibility index (Phi) is 1.98. The molecule has 0 N–H and O–H groups in total. The van der Waals surface area contributed by atoms with E-state index in [0.717, 1.165) is 5.52 Å². The van der Waals surface area contributed by atoms with Gasteiger partial charge < -0.3 is 0 Å². The van der Waals surface area contributed by atoms with E-state index in [1.54, 1.807) is 5.56 Å². The smallest absolute Gasteiger partial charge is 0.0705 e. The van der Waals surface area contributed by atoms with Crippen LogP contribution in [0.4, 0.5) is 0 Å². The van der Waals surface area contributed by atoms with Crippen LogP contribution in [0.15, 0.2) is 24.4 Å². The van der Waals surface area contributed by atoms with Crippen LogP contribution in [0, 0.1) is 6.92 Å². The Morgan fingerprint density at radius 2 is 2.00 bits per heavy atom. The highest BCUT2D eigenvalue weighted by Gasteiger charge is 2.12. The predicted octanol–water partition coefficient (Wildman–Crippen LogP) is 3.42. The summed E-state index contributed by atoms with van der Waals surface area (Å²) in [4.78, 5) is 4.54. The molecule has 1 heterocycles. The standard InChI is InChI=1S/C14H15N/c1-10-6-7-14-13(8-10)12-5-3-2-4-11(12)9-15-14/h6-9H,2-5H2,1H3. The number of pyridine rings is 1. The maximum absolute atomic E-state index is 4.54. The number of aryl methyl sites for hydroxylation is 3. The predicted molar refractivity (Wildman–Crippen MR) is 63.1 cm³/mol. The fourth-order valence-corrected chi connectivity index (χ4v) is 2.53. The molecule has 0 unspecified atom stereocenters. The van der Waals surface area contributed by atoms with Crippen LogP contribution in [0.25, 0.3) is 10.9 Å². The highest BCUT2D eigenvalue weighted by molar-refractivity contribution is 5.84. The van der Waals surface area contributed by atoms with Gasteiger partial charge in [-0.05, 0) is 55.9 Å². The van der Waals surface area contributed by atoms with Crippen LogP contribution in [0.2, 0.25) is 0 Å². The first-order valence-corrected chi connectivity index (χ1v) is 5.72. The van der Waals surface area contributed by atoms with Crippen molar-refractivity contribution < 1.29 is 0 Å². The second-order valence-corrected chi connectivity index (χ2v) is 4.49. The Hall–Kier alpha value is -1.37. The van der Waals surface area contributed by atoms with Gasteiger partial charge in [0.2, 0.25) is 0 Å². The Bertz CT molecular complexity index is 514. The van der Waals surface area contributed by atoms with Crippen molar-refractivity contribution in [2.45, 2.75) is 32.6 Å². The maximum Gasteiger partial charge on any atom is 0.0705 e. The first kappa shape index (κ1) is 8.90. The van der Waals surface area contributed by atoms with Gasteiger partial charge in [0.05, 0.1) is 5.52 Å². The molecule has 0 bridgehead atoms. The van der Waals surface area contributed by atoms with Crippen molar-refractivity contribution in [2.24, 2.45) is 0 Å². The average molecular weight is 197 g/mol. The topological polar surface area (TPSA) is 12.9 Å². The Morgan fingerprint density at radius 3 is 2.93 bits per heavy atom. The lowest BCUT2D eigenvalue weighted by Gasteiger charge is -2.17. The van der Waals surface area contributed by atoms with Crippen molar-refractivity contribution in [3.63, 3.8) is 0 Å². The molecule has 0 saturated heterocycles. The van der Waals surface area contributed by atoms with Gasteiger partial charge in [-0.1, -0.05) is 11.6 Å². The van der Waals surface area contributed by atoms with Crippen molar-refractivity contribution in [3.8, 4) is 0 Å². The third-order valence-corrected chi connectivity index (χ3v) is 3.35. The number of fused-ring (bicyclic) bond motifs is 3. The quantitative estimate of drug-likeness (QED) is 0.630. The van der Waals surface area contributed by atoms with Gasteiger partial charge in [0.25, 0.3) is 0 Å². The van der Waals surface area contributed by atoms with E-state index in [1.165, 1.54) is 42.2 Å². The first-order chi connectivity index (χ1) is 7.34. The van der Waals surface area contributed by atoms with Crippen LogP contribution in [-0.2, 0) is 12.8 Å². The fourth-order valence-electron chi connectivity index (χ4n) is 2.53. The number of hydrogen-bond acceptors (Lipinski definition) is 1. The van der Waals surface area contributed by atoms with Crippen molar-refractivity contribution in [1.82, 2.24) is 4.98 Å². The fraction of sp³-hybridized carbons (Fsp3) is 0.357. The summed E-state index contributed by atoms with van der Waals surface area (Å²) in [6.07, 6.45) is 7.18. The van der Waals surface area contributed by atoms with Crippen molar-refractivity contribution >= 4 is 10.9 Å². The summed E-state index contributed by atoms with van der Waals surface area (Å²) >= 11 is 0. The van der Waals surface area contributed by atoms with E-state index in [9.17, 15) is 0 Å². The van der Waals surface area contributed by atoms with Crippen LogP contribution in [0.1, 0.15) is 29.5 Å². The molecule has 0 amide bonds. The van der Waals surface area contributed by atoms with Gasteiger partial charge in [-0.2, -0.15) is 0 Å². The normalized spacial score (nSPS) is 15.3. The third kappa shape index (κ3) is 1.43. The van der Waals surface area contributed by atoms with Crippen LogP contribution in [0.5, 0.6) is 0 Å². The average Bonchev–Trinajstić information content (AvgIpc) is 2.29. The first-order valence-electron chi connectivity index (χ1n) is 5.72. The van der Waals surface area contributed by atoms with Gasteiger partial charge >= 0.3 is 0 Å². The zero-order valence-electron chi connectivity index (χ0n) is 9.09. The maximum atomic E-state index is 4.54. The van der Waals surface area contributed by atoms with Crippen LogP contribution in [0.3, 0.4) is 0 Å². The van der Waals surface area contributed by atoms with E-state index in [2.05, 4.69) is 36.3 Å². The summed E-state index contributed by atoms with van der Waals surface area (Å²) in [5.74, 6) is 0. The molecule has 1 aliphatic rings. The molecule has 0 fully saturated rings. The van der Waals surface area contributed by atoms with E-state index in [4.69, 9.17) is 0 Å². The molecule has 1 aliphatic carbocycles. The second kappa shape index (κ2) is 3.34. The summed E-state index contributed by atoms with van der Waals surface area (Å²) in [5, 5.41) is 1.38. The number of nitrogens with zero attached hydrogens (tertiary/aromatic N) is 1. The summed E-state index contributed by atoms with van der Waals surface area (Å²) in [6, 6.07) is 6.57. The van der Waals surface area contributed by atoms with Crippen molar-refractivity contribution in [3.05, 3.63) is 41.1 Å². The number of hydrogen-bond donors (Lipinski definition) is 0. The monoisotopic (exact) mass is 197 g/mol. The van der Waals surface area contributed by atoms with Crippen molar-refractivity contribution in [1.29, 1.82) is 0 Å². The minimum atomic E-state index is 1.15. The molecule has 0 spiro atoms. The third-order valence-electron chi connectivity index (χ3n) is 3.35. The highest BCUT2D eigenvalue weighted by atomic mass is 14.7.